The fourth-order valence-corrected chi connectivity index (χ4v) is 4.23. The molecule has 0 saturated heterocycles. The summed E-state index contributed by atoms with van der Waals surface area (Å²) in [5.41, 5.74) is 3.39. The smallest absolute Gasteiger partial charge is 0.230 e. The van der Waals surface area contributed by atoms with Gasteiger partial charge in [-0.3, -0.25) is 9.78 Å². The average molecular weight is 408 g/mol. The Bertz CT molecular complexity index is 967. The van der Waals surface area contributed by atoms with Gasteiger partial charge < -0.3 is 9.88 Å². The molecule has 1 aliphatic carbocycles. The lowest BCUT2D eigenvalue weighted by Gasteiger charge is -2.19. The highest BCUT2D eigenvalue weighted by molar-refractivity contribution is 7.99. The minimum atomic E-state index is 0.0311. The molecule has 0 aliphatic heterocycles. The molecule has 1 N–H and O–H groups in total. The van der Waals surface area contributed by atoms with Crippen LogP contribution in [0.15, 0.2) is 53.9 Å². The van der Waals surface area contributed by atoms with E-state index < -0.39 is 0 Å². The third-order valence-corrected chi connectivity index (χ3v) is 6.12. The largest absolute Gasteiger partial charge is 0.348 e. The van der Waals surface area contributed by atoms with Gasteiger partial charge in [-0.15, -0.1) is 10.2 Å². The van der Waals surface area contributed by atoms with Gasteiger partial charge in [0.25, 0.3) is 0 Å². The number of amides is 1. The zero-order chi connectivity index (χ0) is 20.2. The van der Waals surface area contributed by atoms with Crippen molar-refractivity contribution < 1.29 is 4.79 Å². The predicted molar refractivity (Wildman–Crippen MR) is 114 cm³/mol. The lowest BCUT2D eigenvalue weighted by atomic mass is 10.0. The van der Waals surface area contributed by atoms with Crippen LogP contribution in [0.1, 0.15) is 36.9 Å². The first-order valence-corrected chi connectivity index (χ1v) is 11.0. The summed E-state index contributed by atoms with van der Waals surface area (Å²) in [5, 5.41) is 12.6. The fourth-order valence-electron chi connectivity index (χ4n) is 3.42. The maximum Gasteiger partial charge on any atom is 0.230 e. The molecule has 1 amide bonds. The van der Waals surface area contributed by atoms with Gasteiger partial charge in [0.1, 0.15) is 0 Å². The number of hydrogen-bond donors (Lipinski definition) is 1. The molecule has 0 bridgehead atoms. The standard InChI is InChI=1S/C22H25N5OS/c1-3-27-21(18-10-12-23-13-11-18)25-26-22(27)29-14-19(28)24-20(17-8-9-17)16-6-4-15(2)5-7-16/h4-7,10-13,17,20H,3,8-9,14H2,1-2H3,(H,24,28). The minimum Gasteiger partial charge on any atom is -0.348 e. The third-order valence-electron chi connectivity index (χ3n) is 5.15. The van der Waals surface area contributed by atoms with Crippen molar-refractivity contribution in [3.05, 3.63) is 59.9 Å². The zero-order valence-electron chi connectivity index (χ0n) is 16.7. The van der Waals surface area contributed by atoms with Gasteiger partial charge in [-0.05, 0) is 50.3 Å². The van der Waals surface area contributed by atoms with Crippen molar-refractivity contribution in [1.82, 2.24) is 25.1 Å². The first-order valence-electron chi connectivity index (χ1n) is 9.98. The fraction of sp³-hybridized carbons (Fsp3) is 0.364. The summed E-state index contributed by atoms with van der Waals surface area (Å²) in [6.45, 7) is 4.87. The molecule has 1 fully saturated rings. The van der Waals surface area contributed by atoms with E-state index in [0.29, 0.717) is 11.7 Å². The highest BCUT2D eigenvalue weighted by Gasteiger charge is 2.33. The molecule has 1 aliphatic rings. The number of pyridine rings is 1. The van der Waals surface area contributed by atoms with Gasteiger partial charge in [-0.1, -0.05) is 41.6 Å². The van der Waals surface area contributed by atoms with E-state index in [1.165, 1.54) is 35.7 Å². The summed E-state index contributed by atoms with van der Waals surface area (Å²) >= 11 is 1.43. The molecule has 1 aromatic carbocycles. The summed E-state index contributed by atoms with van der Waals surface area (Å²) in [6.07, 6.45) is 5.83. The normalized spacial score (nSPS) is 14.6. The number of carbonyl (C=O) groups excluding carboxylic acids is 1. The Hall–Kier alpha value is -2.67. The predicted octanol–water partition coefficient (Wildman–Crippen LogP) is 4.03. The Morgan fingerprint density at radius 3 is 2.55 bits per heavy atom. The quantitative estimate of drug-likeness (QED) is 0.571. The van der Waals surface area contributed by atoms with Crippen LogP contribution in [-0.4, -0.2) is 31.4 Å². The van der Waals surface area contributed by atoms with Crippen molar-refractivity contribution in [2.45, 2.75) is 44.4 Å². The number of carbonyl (C=O) groups is 1. The topological polar surface area (TPSA) is 72.7 Å². The van der Waals surface area contributed by atoms with E-state index in [2.05, 4.69) is 58.6 Å². The van der Waals surface area contributed by atoms with Gasteiger partial charge in [-0.2, -0.15) is 0 Å². The second-order valence-corrected chi connectivity index (χ2v) is 8.31. The molecule has 29 heavy (non-hydrogen) atoms. The molecule has 150 valence electrons. The summed E-state index contributed by atoms with van der Waals surface area (Å²) in [6, 6.07) is 12.4. The summed E-state index contributed by atoms with van der Waals surface area (Å²) in [4.78, 5) is 16.7. The van der Waals surface area contributed by atoms with Crippen LogP contribution in [0, 0.1) is 12.8 Å². The number of nitrogens with one attached hydrogen (secondary N) is 1. The van der Waals surface area contributed by atoms with Crippen molar-refractivity contribution in [1.29, 1.82) is 0 Å². The average Bonchev–Trinajstić information content (AvgIpc) is 3.51. The van der Waals surface area contributed by atoms with E-state index >= 15 is 0 Å². The van der Waals surface area contributed by atoms with E-state index in [1.54, 1.807) is 12.4 Å². The molecule has 1 unspecified atom stereocenters. The van der Waals surface area contributed by atoms with Crippen LogP contribution >= 0.6 is 11.8 Å². The Labute approximate surface area is 175 Å². The Kier molecular flexibility index (Phi) is 5.94. The molecule has 0 spiro atoms. The third kappa shape index (κ3) is 4.67. The molecule has 3 aromatic rings. The highest BCUT2D eigenvalue weighted by atomic mass is 32.2. The van der Waals surface area contributed by atoms with Gasteiger partial charge in [0, 0.05) is 24.5 Å². The van der Waals surface area contributed by atoms with Gasteiger partial charge in [-0.25, -0.2) is 0 Å². The Morgan fingerprint density at radius 2 is 1.90 bits per heavy atom. The Balaban J connectivity index is 1.42. The molecular formula is C22H25N5OS. The molecule has 4 rings (SSSR count). The number of aryl methyl sites for hydroxylation is 1. The molecule has 7 heteroatoms. The van der Waals surface area contributed by atoms with Crippen LogP contribution < -0.4 is 5.32 Å². The molecule has 2 heterocycles. The van der Waals surface area contributed by atoms with Gasteiger partial charge in [0.2, 0.25) is 5.91 Å². The second-order valence-electron chi connectivity index (χ2n) is 7.37. The van der Waals surface area contributed by atoms with Crippen molar-refractivity contribution in [3.63, 3.8) is 0 Å². The zero-order valence-corrected chi connectivity index (χ0v) is 17.5. The van der Waals surface area contributed by atoms with E-state index in [4.69, 9.17) is 0 Å². The van der Waals surface area contributed by atoms with E-state index in [9.17, 15) is 4.79 Å². The number of hydrogen-bond acceptors (Lipinski definition) is 5. The number of aromatic nitrogens is 4. The van der Waals surface area contributed by atoms with Gasteiger partial charge >= 0.3 is 0 Å². The monoisotopic (exact) mass is 407 g/mol. The molecule has 0 radical (unpaired) electrons. The van der Waals surface area contributed by atoms with Gasteiger partial charge in [0.15, 0.2) is 11.0 Å². The highest BCUT2D eigenvalue weighted by Crippen LogP contribution is 2.41. The number of benzene rings is 1. The first-order chi connectivity index (χ1) is 14.2. The summed E-state index contributed by atoms with van der Waals surface area (Å²) in [5.74, 6) is 1.70. The minimum absolute atomic E-state index is 0.0311. The molecular weight excluding hydrogens is 382 g/mol. The van der Waals surface area contributed by atoms with Crippen LogP contribution in [0.2, 0.25) is 0 Å². The Morgan fingerprint density at radius 1 is 1.17 bits per heavy atom. The lowest BCUT2D eigenvalue weighted by Crippen LogP contribution is -2.31. The summed E-state index contributed by atoms with van der Waals surface area (Å²) < 4.78 is 2.03. The molecule has 6 nitrogen and oxygen atoms in total. The van der Waals surface area contributed by atoms with Crippen molar-refractivity contribution in [2.75, 3.05) is 5.75 Å². The molecule has 2 aromatic heterocycles. The number of nitrogens with zero attached hydrogens (tertiary/aromatic N) is 4. The van der Waals surface area contributed by atoms with Crippen LogP contribution in [0.4, 0.5) is 0 Å². The molecule has 1 saturated carbocycles. The number of rotatable bonds is 8. The van der Waals surface area contributed by atoms with Gasteiger partial charge in [0.05, 0.1) is 11.8 Å². The SMILES string of the molecule is CCn1c(SCC(=O)NC(c2ccc(C)cc2)C2CC2)nnc1-c1ccncc1. The van der Waals surface area contributed by atoms with E-state index in [1.807, 2.05) is 16.7 Å². The van der Waals surface area contributed by atoms with Crippen LogP contribution in [0.3, 0.4) is 0 Å². The van der Waals surface area contributed by atoms with Crippen LogP contribution in [0.5, 0.6) is 0 Å². The lowest BCUT2D eigenvalue weighted by molar-refractivity contribution is -0.119. The van der Waals surface area contributed by atoms with Crippen LogP contribution in [0.25, 0.3) is 11.4 Å². The van der Waals surface area contributed by atoms with E-state index in [-0.39, 0.29) is 11.9 Å². The van der Waals surface area contributed by atoms with Crippen LogP contribution in [-0.2, 0) is 11.3 Å². The summed E-state index contributed by atoms with van der Waals surface area (Å²) in [7, 11) is 0. The maximum absolute atomic E-state index is 12.7. The molecule has 1 atom stereocenters. The van der Waals surface area contributed by atoms with Crippen molar-refractivity contribution >= 4 is 17.7 Å². The first kappa shape index (κ1) is 19.6. The number of thioether (sulfide) groups is 1. The van der Waals surface area contributed by atoms with Crippen molar-refractivity contribution in [2.24, 2.45) is 5.92 Å². The van der Waals surface area contributed by atoms with E-state index in [0.717, 1.165) is 23.1 Å². The maximum atomic E-state index is 12.7. The second kappa shape index (κ2) is 8.78. The van der Waals surface area contributed by atoms with Crippen molar-refractivity contribution in [3.8, 4) is 11.4 Å².